The van der Waals surface area contributed by atoms with E-state index in [2.05, 4.69) is 21.5 Å². The van der Waals surface area contributed by atoms with E-state index in [9.17, 15) is 9.59 Å². The first-order valence-electron chi connectivity index (χ1n) is 6.56. The number of carbonyl (C=O) groups excluding carboxylic acids is 1. The van der Waals surface area contributed by atoms with Gasteiger partial charge < -0.3 is 5.32 Å². The van der Waals surface area contributed by atoms with Crippen LogP contribution in [0, 0.1) is 25.2 Å². The molecule has 2 aromatic heterocycles. The van der Waals surface area contributed by atoms with Gasteiger partial charge in [-0.3, -0.25) is 9.59 Å². The number of hydrogen-bond donors (Lipinski definition) is 1. The van der Waals surface area contributed by atoms with Gasteiger partial charge in [0.2, 0.25) is 0 Å². The molecule has 1 aliphatic rings. The molecule has 0 saturated heterocycles. The highest BCUT2D eigenvalue weighted by Crippen LogP contribution is 2.34. The lowest BCUT2D eigenvalue weighted by atomic mass is 10.2. The van der Waals surface area contributed by atoms with Gasteiger partial charge in [0.15, 0.2) is 5.65 Å². The Labute approximate surface area is 120 Å². The van der Waals surface area contributed by atoms with E-state index in [-0.39, 0.29) is 5.69 Å². The Morgan fingerprint density at radius 1 is 1.43 bits per heavy atom. The molecule has 2 heterocycles. The van der Waals surface area contributed by atoms with E-state index in [0.29, 0.717) is 18.5 Å². The van der Waals surface area contributed by atoms with Gasteiger partial charge in [0.25, 0.3) is 11.5 Å². The summed E-state index contributed by atoms with van der Waals surface area (Å²) in [7, 11) is 0. The smallest absolute Gasteiger partial charge is 0.275 e. The van der Waals surface area contributed by atoms with Gasteiger partial charge in [-0.05, 0) is 38.3 Å². The van der Waals surface area contributed by atoms with Crippen LogP contribution in [0.2, 0.25) is 0 Å². The Balaban J connectivity index is 2.04. The molecule has 0 radical (unpaired) electrons. The van der Waals surface area contributed by atoms with Gasteiger partial charge in [0.1, 0.15) is 11.2 Å². The van der Waals surface area contributed by atoms with E-state index < -0.39 is 17.0 Å². The predicted molar refractivity (Wildman–Crippen MR) is 73.8 cm³/mol. The number of fused-ring (bicyclic) bond motifs is 1. The third-order valence-electron chi connectivity index (χ3n) is 3.64. The summed E-state index contributed by atoms with van der Waals surface area (Å²) in [5.74, 6) is -0.508. The summed E-state index contributed by atoms with van der Waals surface area (Å²) in [5.41, 5.74) is 0.727. The van der Waals surface area contributed by atoms with Crippen molar-refractivity contribution in [1.29, 1.82) is 5.26 Å². The number of aryl methyl sites for hydroxylation is 2. The van der Waals surface area contributed by atoms with Crippen LogP contribution in [0.25, 0.3) is 5.65 Å². The maximum atomic E-state index is 12.1. The van der Waals surface area contributed by atoms with Crippen LogP contribution in [0.15, 0.2) is 16.9 Å². The summed E-state index contributed by atoms with van der Waals surface area (Å²) in [6.45, 7) is 3.65. The first-order valence-corrected chi connectivity index (χ1v) is 6.56. The molecule has 1 saturated carbocycles. The zero-order valence-electron chi connectivity index (χ0n) is 11.7. The van der Waals surface area contributed by atoms with E-state index in [1.165, 1.54) is 0 Å². The maximum Gasteiger partial charge on any atom is 0.275 e. The number of carbonyl (C=O) groups is 1. The number of nitriles is 1. The van der Waals surface area contributed by atoms with Gasteiger partial charge in [-0.15, -0.1) is 0 Å². The van der Waals surface area contributed by atoms with Crippen LogP contribution in [0.4, 0.5) is 0 Å². The zero-order valence-corrected chi connectivity index (χ0v) is 11.7. The normalized spacial score (nSPS) is 15.5. The summed E-state index contributed by atoms with van der Waals surface area (Å²) in [6.07, 6.45) is 1.25. The first-order chi connectivity index (χ1) is 9.94. The average molecular weight is 283 g/mol. The largest absolute Gasteiger partial charge is 0.332 e. The Kier molecular flexibility index (Phi) is 2.76. The molecule has 0 bridgehead atoms. The summed E-state index contributed by atoms with van der Waals surface area (Å²) in [4.78, 5) is 28.3. The molecule has 2 aromatic rings. The molecule has 21 heavy (non-hydrogen) atoms. The van der Waals surface area contributed by atoms with Crippen molar-refractivity contribution >= 4 is 11.6 Å². The van der Waals surface area contributed by atoms with E-state index in [0.717, 1.165) is 21.8 Å². The van der Waals surface area contributed by atoms with Gasteiger partial charge in [-0.25, -0.2) is 4.98 Å². The van der Waals surface area contributed by atoms with Crippen LogP contribution < -0.4 is 10.9 Å². The highest BCUT2D eigenvalue weighted by Gasteiger charge is 2.45. The number of nitrogens with one attached hydrogen (secondary N) is 1. The van der Waals surface area contributed by atoms with Gasteiger partial charge >= 0.3 is 0 Å². The number of aromatic nitrogens is 3. The van der Waals surface area contributed by atoms with Crippen molar-refractivity contribution in [1.82, 2.24) is 19.9 Å². The number of amides is 1. The topological polar surface area (TPSA) is 100 Å². The van der Waals surface area contributed by atoms with E-state index in [4.69, 9.17) is 5.26 Å². The van der Waals surface area contributed by atoms with E-state index >= 15 is 0 Å². The maximum absolute atomic E-state index is 12.1. The first kappa shape index (κ1) is 13.2. The zero-order chi connectivity index (χ0) is 15.2. The molecule has 0 spiro atoms. The molecule has 0 aromatic carbocycles. The van der Waals surface area contributed by atoms with Crippen molar-refractivity contribution in [2.24, 2.45) is 0 Å². The summed E-state index contributed by atoms with van der Waals surface area (Å²) in [6, 6.07) is 4.91. The van der Waals surface area contributed by atoms with Gasteiger partial charge in [0, 0.05) is 6.07 Å². The van der Waals surface area contributed by atoms with Crippen molar-refractivity contribution in [2.75, 3.05) is 0 Å². The molecule has 1 aliphatic carbocycles. The fourth-order valence-corrected chi connectivity index (χ4v) is 2.00. The van der Waals surface area contributed by atoms with Gasteiger partial charge in [-0.2, -0.15) is 14.9 Å². The molecule has 106 valence electrons. The minimum absolute atomic E-state index is 0.00609. The third kappa shape index (κ3) is 2.25. The second-order valence-corrected chi connectivity index (χ2v) is 5.31. The van der Waals surface area contributed by atoms with Crippen molar-refractivity contribution < 1.29 is 4.79 Å². The summed E-state index contributed by atoms with van der Waals surface area (Å²) < 4.78 is 1.16. The molecule has 7 nitrogen and oxygen atoms in total. The Bertz CT molecular complexity index is 858. The number of hydrogen-bond acceptors (Lipinski definition) is 5. The minimum Gasteiger partial charge on any atom is -0.332 e. The second kappa shape index (κ2) is 4.38. The molecule has 7 heteroatoms. The average Bonchev–Trinajstić information content (AvgIpc) is 3.21. The molecule has 3 rings (SSSR count). The van der Waals surface area contributed by atoms with Crippen molar-refractivity contribution in [3.05, 3.63) is 39.4 Å². The molecule has 1 amide bonds. The van der Waals surface area contributed by atoms with Crippen molar-refractivity contribution in [2.45, 2.75) is 32.2 Å². The molecule has 0 aliphatic heterocycles. The molecular weight excluding hydrogens is 270 g/mol. The van der Waals surface area contributed by atoms with Gasteiger partial charge in [-0.1, -0.05) is 0 Å². The van der Waals surface area contributed by atoms with Crippen molar-refractivity contribution in [3.8, 4) is 6.07 Å². The van der Waals surface area contributed by atoms with Crippen molar-refractivity contribution in [3.63, 3.8) is 0 Å². The highest BCUT2D eigenvalue weighted by atomic mass is 16.2. The Hall–Kier alpha value is -2.75. The summed E-state index contributed by atoms with van der Waals surface area (Å²) in [5, 5.41) is 15.7. The van der Waals surface area contributed by atoms with E-state index in [1.54, 1.807) is 13.0 Å². The lowest BCUT2D eigenvalue weighted by Gasteiger charge is -2.09. The number of rotatable bonds is 2. The fourth-order valence-electron chi connectivity index (χ4n) is 2.00. The quantitative estimate of drug-likeness (QED) is 0.864. The third-order valence-corrected chi connectivity index (χ3v) is 3.64. The van der Waals surface area contributed by atoms with Crippen LogP contribution in [0.5, 0.6) is 0 Å². The lowest BCUT2D eigenvalue weighted by molar-refractivity contribution is 0.0936. The lowest BCUT2D eigenvalue weighted by Crippen LogP contribution is -2.37. The second-order valence-electron chi connectivity index (χ2n) is 5.31. The molecule has 0 unspecified atom stereocenters. The van der Waals surface area contributed by atoms with Crippen LogP contribution in [-0.4, -0.2) is 26.0 Å². The Morgan fingerprint density at radius 2 is 2.14 bits per heavy atom. The van der Waals surface area contributed by atoms with Crippen LogP contribution >= 0.6 is 0 Å². The minimum atomic E-state index is -0.786. The molecular formula is C14H13N5O2. The molecule has 1 N–H and O–H groups in total. The summed E-state index contributed by atoms with van der Waals surface area (Å²) >= 11 is 0. The van der Waals surface area contributed by atoms with Gasteiger partial charge in [0.05, 0.1) is 11.8 Å². The van der Waals surface area contributed by atoms with Crippen LogP contribution in [-0.2, 0) is 0 Å². The monoisotopic (exact) mass is 283 g/mol. The predicted octanol–water partition coefficient (Wildman–Crippen LogP) is 0.492. The molecule has 1 fully saturated rings. The standard InChI is InChI=1S/C14H13N5O2/c1-8-5-11-16-10(6-12(20)19(11)18-9(8)2)13(21)17-14(7-15)3-4-14/h5-6H,3-4H2,1-2H3,(H,17,21). The Morgan fingerprint density at radius 3 is 2.76 bits per heavy atom. The van der Waals surface area contributed by atoms with Crippen LogP contribution in [0.3, 0.4) is 0 Å². The highest BCUT2D eigenvalue weighted by molar-refractivity contribution is 5.93. The van der Waals surface area contributed by atoms with E-state index in [1.807, 2.05) is 6.92 Å². The number of nitrogens with zero attached hydrogens (tertiary/aromatic N) is 4. The molecule has 0 atom stereocenters. The van der Waals surface area contributed by atoms with Crippen LogP contribution in [0.1, 0.15) is 34.6 Å². The fraction of sp³-hybridized carbons (Fsp3) is 0.357. The SMILES string of the molecule is Cc1cc2nc(C(=O)NC3(C#N)CC3)cc(=O)n2nc1C.